The van der Waals surface area contributed by atoms with Crippen molar-refractivity contribution in [2.24, 2.45) is 0 Å². The van der Waals surface area contributed by atoms with E-state index in [-0.39, 0.29) is 0 Å². The van der Waals surface area contributed by atoms with Crippen LogP contribution in [0.25, 0.3) is 93.7 Å². The standard InChI is InChI=1S/C46H30O/c1-2-13-30-26-32(25-24-29(30)12-1)31-14-11-15-33(27-31)44-36-18-4-6-20-38(36)45(39-21-7-5-19-37(39)44)41-28-42-35-17-9-10-23-43(35)47-46(42)40-22-8-3-16-34(40)41/h1,3-12,14-28H,2,13H2. The number of benzene rings is 8. The van der Waals surface area contributed by atoms with Gasteiger partial charge in [-0.25, -0.2) is 0 Å². The maximum atomic E-state index is 6.48. The molecule has 220 valence electrons. The summed E-state index contributed by atoms with van der Waals surface area (Å²) in [6.45, 7) is 0. The number of hydrogen-bond acceptors (Lipinski definition) is 1. The Bertz CT molecular complexity index is 2680. The van der Waals surface area contributed by atoms with Crippen LogP contribution in [-0.2, 0) is 6.42 Å². The summed E-state index contributed by atoms with van der Waals surface area (Å²) in [4.78, 5) is 0. The van der Waals surface area contributed by atoms with Crippen molar-refractivity contribution in [2.45, 2.75) is 12.8 Å². The van der Waals surface area contributed by atoms with Crippen molar-refractivity contribution in [1.82, 2.24) is 0 Å². The van der Waals surface area contributed by atoms with Crippen molar-refractivity contribution in [1.29, 1.82) is 0 Å². The summed E-state index contributed by atoms with van der Waals surface area (Å²) in [7, 11) is 0. The first-order valence-electron chi connectivity index (χ1n) is 16.5. The van der Waals surface area contributed by atoms with E-state index in [0.717, 1.165) is 40.2 Å². The number of hydrogen-bond donors (Lipinski definition) is 0. The van der Waals surface area contributed by atoms with Crippen LogP contribution in [-0.4, -0.2) is 0 Å². The zero-order chi connectivity index (χ0) is 30.9. The number of allylic oxidation sites excluding steroid dienone is 1. The minimum atomic E-state index is 0.921. The number of rotatable bonds is 3. The van der Waals surface area contributed by atoms with Crippen LogP contribution in [0.3, 0.4) is 0 Å². The van der Waals surface area contributed by atoms with E-state index >= 15 is 0 Å². The molecule has 0 saturated carbocycles. The Morgan fingerprint density at radius 3 is 1.81 bits per heavy atom. The van der Waals surface area contributed by atoms with Gasteiger partial charge in [0, 0.05) is 16.2 Å². The van der Waals surface area contributed by atoms with Gasteiger partial charge in [-0.3, -0.25) is 0 Å². The minimum Gasteiger partial charge on any atom is -0.455 e. The first kappa shape index (κ1) is 26.3. The van der Waals surface area contributed by atoms with E-state index in [9.17, 15) is 0 Å². The van der Waals surface area contributed by atoms with Crippen LogP contribution in [0.15, 0.2) is 156 Å². The third kappa shape index (κ3) is 4.03. The van der Waals surface area contributed by atoms with Crippen molar-refractivity contribution in [3.8, 4) is 33.4 Å². The number of furan rings is 1. The molecule has 0 N–H and O–H groups in total. The second-order valence-electron chi connectivity index (χ2n) is 12.7. The molecule has 1 aliphatic carbocycles. The molecule has 8 aromatic carbocycles. The molecule has 0 spiro atoms. The second kappa shape index (κ2) is 10.3. The van der Waals surface area contributed by atoms with Crippen LogP contribution in [0, 0.1) is 0 Å². The quantitative estimate of drug-likeness (QED) is 0.184. The Kier molecular flexibility index (Phi) is 5.77. The van der Waals surface area contributed by atoms with Gasteiger partial charge >= 0.3 is 0 Å². The molecular formula is C46H30O. The molecule has 1 aliphatic rings. The van der Waals surface area contributed by atoms with Crippen LogP contribution in [0.2, 0.25) is 0 Å². The molecule has 1 heteroatoms. The van der Waals surface area contributed by atoms with Crippen molar-refractivity contribution < 1.29 is 4.42 Å². The normalized spacial score (nSPS) is 12.9. The molecule has 0 radical (unpaired) electrons. The molecule has 1 heterocycles. The predicted octanol–water partition coefficient (Wildman–Crippen LogP) is 13.0. The highest BCUT2D eigenvalue weighted by Gasteiger charge is 2.21. The largest absolute Gasteiger partial charge is 0.455 e. The topological polar surface area (TPSA) is 13.1 Å². The van der Waals surface area contributed by atoms with Crippen molar-refractivity contribution in [3.63, 3.8) is 0 Å². The zero-order valence-electron chi connectivity index (χ0n) is 25.8. The van der Waals surface area contributed by atoms with E-state index in [1.165, 1.54) is 71.4 Å². The highest BCUT2D eigenvalue weighted by Crippen LogP contribution is 2.48. The second-order valence-corrected chi connectivity index (χ2v) is 12.7. The van der Waals surface area contributed by atoms with Gasteiger partial charge in [0.05, 0.1) is 0 Å². The van der Waals surface area contributed by atoms with E-state index in [0.29, 0.717) is 0 Å². The highest BCUT2D eigenvalue weighted by molar-refractivity contribution is 6.27. The van der Waals surface area contributed by atoms with Crippen LogP contribution < -0.4 is 0 Å². The maximum absolute atomic E-state index is 6.48. The number of para-hydroxylation sites is 1. The van der Waals surface area contributed by atoms with Gasteiger partial charge in [0.15, 0.2) is 0 Å². The van der Waals surface area contributed by atoms with E-state index < -0.39 is 0 Å². The lowest BCUT2D eigenvalue weighted by Crippen LogP contribution is -1.94. The third-order valence-corrected chi connectivity index (χ3v) is 10.1. The minimum absolute atomic E-state index is 0.921. The molecule has 0 amide bonds. The van der Waals surface area contributed by atoms with Gasteiger partial charge in [-0.05, 0) is 102 Å². The molecule has 0 bridgehead atoms. The van der Waals surface area contributed by atoms with Gasteiger partial charge in [-0.15, -0.1) is 0 Å². The summed E-state index contributed by atoms with van der Waals surface area (Å²) in [5.41, 5.74) is 12.2. The summed E-state index contributed by atoms with van der Waals surface area (Å²) < 4.78 is 6.48. The molecule has 47 heavy (non-hydrogen) atoms. The van der Waals surface area contributed by atoms with Gasteiger partial charge in [0.1, 0.15) is 11.2 Å². The molecule has 0 fully saturated rings. The van der Waals surface area contributed by atoms with E-state index in [2.05, 4.69) is 152 Å². The summed E-state index contributed by atoms with van der Waals surface area (Å²) in [5, 5.41) is 9.67. The van der Waals surface area contributed by atoms with Crippen LogP contribution in [0.4, 0.5) is 0 Å². The highest BCUT2D eigenvalue weighted by atomic mass is 16.3. The van der Waals surface area contributed by atoms with Gasteiger partial charge in [-0.1, -0.05) is 140 Å². The van der Waals surface area contributed by atoms with E-state index in [1.54, 1.807) is 0 Å². The molecule has 9 aromatic rings. The SMILES string of the molecule is C1=Cc2ccc(-c3cccc(-c4c5ccccc5c(-c5cc6c7ccccc7oc6c6ccccc56)c5ccccc45)c3)cc2CC1. The van der Waals surface area contributed by atoms with Gasteiger partial charge in [0.25, 0.3) is 0 Å². The van der Waals surface area contributed by atoms with Crippen LogP contribution >= 0.6 is 0 Å². The lowest BCUT2D eigenvalue weighted by Gasteiger charge is -2.19. The summed E-state index contributed by atoms with van der Waals surface area (Å²) in [6.07, 6.45) is 6.75. The first-order chi connectivity index (χ1) is 23.3. The Morgan fingerprint density at radius 2 is 1.04 bits per heavy atom. The average Bonchev–Trinajstić information content (AvgIpc) is 3.52. The lowest BCUT2D eigenvalue weighted by molar-refractivity contribution is 0.672. The zero-order valence-corrected chi connectivity index (χ0v) is 25.8. The Balaban J connectivity index is 1.27. The van der Waals surface area contributed by atoms with Crippen molar-refractivity contribution >= 4 is 60.3 Å². The van der Waals surface area contributed by atoms with Crippen molar-refractivity contribution in [2.75, 3.05) is 0 Å². The van der Waals surface area contributed by atoms with Gasteiger partial charge in [0.2, 0.25) is 0 Å². The fourth-order valence-electron chi connectivity index (χ4n) is 7.95. The predicted molar refractivity (Wildman–Crippen MR) is 200 cm³/mol. The molecule has 0 aliphatic heterocycles. The molecule has 0 unspecified atom stereocenters. The lowest BCUT2D eigenvalue weighted by atomic mass is 9.83. The van der Waals surface area contributed by atoms with Gasteiger partial charge < -0.3 is 4.42 Å². The molecule has 0 atom stereocenters. The molecule has 1 aromatic heterocycles. The Hall–Kier alpha value is -5.92. The third-order valence-electron chi connectivity index (χ3n) is 10.1. The summed E-state index contributed by atoms with van der Waals surface area (Å²) in [5.74, 6) is 0. The molecule has 0 saturated heterocycles. The van der Waals surface area contributed by atoms with E-state index in [1.807, 2.05) is 6.07 Å². The van der Waals surface area contributed by atoms with Crippen LogP contribution in [0.1, 0.15) is 17.5 Å². The number of fused-ring (bicyclic) bond motifs is 8. The van der Waals surface area contributed by atoms with Gasteiger partial charge in [-0.2, -0.15) is 0 Å². The van der Waals surface area contributed by atoms with Crippen molar-refractivity contribution in [3.05, 3.63) is 163 Å². The summed E-state index contributed by atoms with van der Waals surface area (Å²) >= 11 is 0. The fourth-order valence-corrected chi connectivity index (χ4v) is 7.95. The van der Waals surface area contributed by atoms with Crippen LogP contribution in [0.5, 0.6) is 0 Å². The molecular weight excluding hydrogens is 569 g/mol. The summed E-state index contributed by atoms with van der Waals surface area (Å²) in [6, 6.07) is 53.4. The smallest absolute Gasteiger partial charge is 0.143 e. The fraction of sp³-hybridized carbons (Fsp3) is 0.0435. The Morgan fingerprint density at radius 1 is 0.426 bits per heavy atom. The molecule has 10 rings (SSSR count). The monoisotopic (exact) mass is 598 g/mol. The number of aryl methyl sites for hydroxylation is 1. The first-order valence-corrected chi connectivity index (χ1v) is 16.5. The van der Waals surface area contributed by atoms with E-state index in [4.69, 9.17) is 4.42 Å². The molecule has 1 nitrogen and oxygen atoms in total. The Labute approximate surface area is 273 Å². The maximum Gasteiger partial charge on any atom is 0.143 e. The average molecular weight is 599 g/mol.